The normalized spacial score (nSPS) is 16.2. The van der Waals surface area contributed by atoms with Crippen LogP contribution in [-0.2, 0) is 14.6 Å². The highest BCUT2D eigenvalue weighted by atomic mass is 32.2. The Kier molecular flexibility index (Phi) is 6.87. The van der Waals surface area contributed by atoms with E-state index in [4.69, 9.17) is 19.2 Å². The number of fused-ring (bicyclic) bond motifs is 1. The lowest BCUT2D eigenvalue weighted by atomic mass is 10.2. The first kappa shape index (κ1) is 23.5. The smallest absolute Gasteiger partial charge is 0.260 e. The van der Waals surface area contributed by atoms with E-state index in [9.17, 15) is 13.2 Å². The number of aromatic nitrogens is 1. The summed E-state index contributed by atoms with van der Waals surface area (Å²) >= 11 is 1.32. The third-order valence-corrected chi connectivity index (χ3v) is 8.43. The van der Waals surface area contributed by atoms with Gasteiger partial charge in [-0.25, -0.2) is 13.4 Å². The number of hydrogen-bond acceptors (Lipinski definition) is 8. The third kappa shape index (κ3) is 4.68. The van der Waals surface area contributed by atoms with E-state index in [0.29, 0.717) is 35.3 Å². The monoisotopic (exact) mass is 490 g/mol. The minimum atomic E-state index is -3.45. The summed E-state index contributed by atoms with van der Waals surface area (Å²) in [6.45, 7) is 2.54. The molecule has 0 aliphatic carbocycles. The molecule has 8 nitrogen and oxygen atoms in total. The van der Waals surface area contributed by atoms with Gasteiger partial charge >= 0.3 is 0 Å². The van der Waals surface area contributed by atoms with E-state index in [1.54, 1.807) is 50.3 Å². The van der Waals surface area contributed by atoms with Gasteiger partial charge in [-0.2, -0.15) is 0 Å². The van der Waals surface area contributed by atoms with E-state index in [1.807, 2.05) is 0 Å². The number of thiazole rings is 1. The van der Waals surface area contributed by atoms with Crippen molar-refractivity contribution in [3.05, 3.63) is 42.0 Å². The Labute approximate surface area is 197 Å². The highest BCUT2D eigenvalue weighted by Crippen LogP contribution is 2.40. The summed E-state index contributed by atoms with van der Waals surface area (Å²) in [5.41, 5.74) is 0.880. The average Bonchev–Trinajstić information content (AvgIpc) is 3.51. The van der Waals surface area contributed by atoms with E-state index < -0.39 is 9.84 Å². The van der Waals surface area contributed by atoms with Crippen molar-refractivity contribution in [3.8, 4) is 11.5 Å². The van der Waals surface area contributed by atoms with Gasteiger partial charge in [0.1, 0.15) is 21.7 Å². The number of benzene rings is 2. The van der Waals surface area contributed by atoms with Gasteiger partial charge in [0.2, 0.25) is 0 Å². The van der Waals surface area contributed by atoms with Crippen molar-refractivity contribution in [2.45, 2.75) is 30.8 Å². The molecule has 1 unspecified atom stereocenters. The number of anilines is 1. The molecule has 0 saturated carbocycles. The molecule has 1 aliphatic heterocycles. The van der Waals surface area contributed by atoms with Crippen molar-refractivity contribution in [1.82, 2.24) is 4.98 Å². The molecule has 1 aromatic heterocycles. The van der Waals surface area contributed by atoms with Gasteiger partial charge in [0.25, 0.3) is 5.91 Å². The number of methoxy groups -OCH3 is 2. The summed E-state index contributed by atoms with van der Waals surface area (Å²) in [7, 11) is -0.303. The van der Waals surface area contributed by atoms with Gasteiger partial charge in [-0.3, -0.25) is 9.69 Å². The van der Waals surface area contributed by atoms with Gasteiger partial charge in [0.15, 0.2) is 15.0 Å². The molecule has 176 valence electrons. The predicted molar refractivity (Wildman–Crippen MR) is 128 cm³/mol. The zero-order valence-electron chi connectivity index (χ0n) is 18.7. The summed E-state index contributed by atoms with van der Waals surface area (Å²) in [5, 5.41) is 0.469. The summed E-state index contributed by atoms with van der Waals surface area (Å²) in [5.74, 6) is 0.835. The van der Waals surface area contributed by atoms with Crippen molar-refractivity contribution >= 4 is 42.4 Å². The van der Waals surface area contributed by atoms with Crippen LogP contribution in [0.15, 0.2) is 41.3 Å². The van der Waals surface area contributed by atoms with E-state index in [-0.39, 0.29) is 28.2 Å². The van der Waals surface area contributed by atoms with E-state index in [1.165, 1.54) is 23.5 Å². The van der Waals surface area contributed by atoms with Crippen LogP contribution in [0.5, 0.6) is 11.5 Å². The van der Waals surface area contributed by atoms with E-state index in [2.05, 4.69) is 0 Å². The lowest BCUT2D eigenvalue weighted by Crippen LogP contribution is -2.37. The lowest BCUT2D eigenvalue weighted by molar-refractivity contribution is 0.0917. The maximum absolute atomic E-state index is 13.7. The molecule has 2 heterocycles. The summed E-state index contributed by atoms with van der Waals surface area (Å²) in [6.07, 6.45) is 1.65. The summed E-state index contributed by atoms with van der Waals surface area (Å²) in [4.78, 5) is 20.1. The zero-order valence-corrected chi connectivity index (χ0v) is 20.4. The number of ether oxygens (including phenoxy) is 3. The van der Waals surface area contributed by atoms with Crippen LogP contribution >= 0.6 is 11.3 Å². The van der Waals surface area contributed by atoms with Gasteiger partial charge in [0.05, 0.1) is 37.5 Å². The highest BCUT2D eigenvalue weighted by Gasteiger charge is 2.29. The van der Waals surface area contributed by atoms with E-state index in [0.717, 1.165) is 17.5 Å². The predicted octanol–water partition coefficient (Wildman–Crippen LogP) is 3.93. The maximum atomic E-state index is 13.7. The Bertz CT molecular complexity index is 1220. The van der Waals surface area contributed by atoms with Crippen molar-refractivity contribution in [1.29, 1.82) is 0 Å². The third-order valence-electron chi connectivity index (χ3n) is 5.61. The first-order chi connectivity index (χ1) is 15.9. The first-order valence-corrected chi connectivity index (χ1v) is 13.1. The minimum Gasteiger partial charge on any atom is -0.495 e. The molecule has 0 bridgehead atoms. The first-order valence-electron chi connectivity index (χ1n) is 10.7. The van der Waals surface area contributed by atoms with Crippen LogP contribution in [0.2, 0.25) is 0 Å². The Balaban J connectivity index is 1.79. The van der Waals surface area contributed by atoms with Crippen LogP contribution in [0.25, 0.3) is 10.2 Å². The molecule has 1 aliphatic rings. The fraction of sp³-hybridized carbons (Fsp3) is 0.391. The summed E-state index contributed by atoms with van der Waals surface area (Å²) in [6, 6.07) is 9.72. The number of nitrogens with zero attached hydrogens (tertiary/aromatic N) is 2. The fourth-order valence-corrected chi connectivity index (χ4v) is 5.78. The number of hydrogen-bond donors (Lipinski definition) is 0. The van der Waals surface area contributed by atoms with Crippen LogP contribution in [0.1, 0.15) is 30.1 Å². The highest BCUT2D eigenvalue weighted by molar-refractivity contribution is 7.91. The van der Waals surface area contributed by atoms with Gasteiger partial charge < -0.3 is 14.2 Å². The van der Waals surface area contributed by atoms with Crippen LogP contribution < -0.4 is 14.4 Å². The lowest BCUT2D eigenvalue weighted by Gasteiger charge is -2.23. The molecular formula is C23H26N2O6S2. The molecule has 1 atom stereocenters. The van der Waals surface area contributed by atoms with Crippen LogP contribution in [0, 0.1) is 0 Å². The van der Waals surface area contributed by atoms with Crippen molar-refractivity contribution in [2.24, 2.45) is 0 Å². The quantitative estimate of drug-likeness (QED) is 0.472. The number of carbonyl (C=O) groups is 1. The topological polar surface area (TPSA) is 95.0 Å². The van der Waals surface area contributed by atoms with Crippen molar-refractivity contribution in [2.75, 3.05) is 38.0 Å². The van der Waals surface area contributed by atoms with Crippen molar-refractivity contribution < 1.29 is 27.4 Å². The number of rotatable bonds is 8. The molecule has 1 amide bonds. The SMILES string of the molecule is CCS(=O)(=O)c1cccc(C(=O)N(CC2CCCO2)c2nc3c(OC)ccc(OC)c3s2)c1. The van der Waals surface area contributed by atoms with Crippen molar-refractivity contribution in [3.63, 3.8) is 0 Å². The fourth-order valence-electron chi connectivity index (χ4n) is 3.77. The number of carbonyl (C=O) groups excluding carboxylic acids is 1. The molecular weight excluding hydrogens is 464 g/mol. The largest absolute Gasteiger partial charge is 0.495 e. The van der Waals surface area contributed by atoms with Gasteiger partial charge in [0, 0.05) is 12.2 Å². The maximum Gasteiger partial charge on any atom is 0.260 e. The Morgan fingerprint density at radius 1 is 1.21 bits per heavy atom. The second kappa shape index (κ2) is 9.66. The molecule has 1 saturated heterocycles. The van der Waals surface area contributed by atoms with Gasteiger partial charge in [-0.05, 0) is 43.2 Å². The minimum absolute atomic E-state index is 0.0399. The number of amides is 1. The van der Waals surface area contributed by atoms with Crippen LogP contribution in [0.4, 0.5) is 5.13 Å². The second-order valence-electron chi connectivity index (χ2n) is 7.63. The van der Waals surface area contributed by atoms with E-state index >= 15 is 0 Å². The zero-order chi connectivity index (χ0) is 23.6. The molecule has 1 fully saturated rings. The Morgan fingerprint density at radius 2 is 1.97 bits per heavy atom. The molecule has 33 heavy (non-hydrogen) atoms. The van der Waals surface area contributed by atoms with Gasteiger partial charge in [-0.1, -0.05) is 24.3 Å². The second-order valence-corrected chi connectivity index (χ2v) is 10.9. The van der Waals surface area contributed by atoms with Gasteiger partial charge in [-0.15, -0.1) is 0 Å². The Hall–Kier alpha value is -2.69. The number of sulfone groups is 1. The molecule has 0 spiro atoms. The summed E-state index contributed by atoms with van der Waals surface area (Å²) < 4.78 is 42.2. The molecule has 4 rings (SSSR count). The standard InChI is InChI=1S/C23H26N2O6S2/c1-4-33(27,28)17-9-5-7-15(13-17)22(26)25(14-16-8-6-12-31-16)23-24-20-18(29-2)10-11-19(30-3)21(20)32-23/h5,7,9-11,13,16H,4,6,8,12,14H2,1-3H3. The molecule has 3 aromatic rings. The molecule has 0 radical (unpaired) electrons. The molecule has 10 heteroatoms. The van der Waals surface area contributed by atoms with Crippen LogP contribution in [0.3, 0.4) is 0 Å². The van der Waals surface area contributed by atoms with Crippen LogP contribution in [-0.4, -0.2) is 58.5 Å². The molecule has 2 aromatic carbocycles. The molecule has 0 N–H and O–H groups in total. The average molecular weight is 491 g/mol. The Morgan fingerprint density at radius 3 is 2.64 bits per heavy atom.